The maximum absolute atomic E-state index is 13.8. The molecule has 0 fully saturated rings. The van der Waals surface area contributed by atoms with Crippen molar-refractivity contribution in [3.63, 3.8) is 0 Å². The summed E-state index contributed by atoms with van der Waals surface area (Å²) in [4.78, 5) is 0. The summed E-state index contributed by atoms with van der Waals surface area (Å²) >= 11 is 0. The molecule has 0 aliphatic carbocycles. The summed E-state index contributed by atoms with van der Waals surface area (Å²) in [6.45, 7) is 6.01. The van der Waals surface area contributed by atoms with Gasteiger partial charge in [0.2, 0.25) is 0 Å². The van der Waals surface area contributed by atoms with Gasteiger partial charge in [0, 0.05) is 6.04 Å². The molecule has 2 atom stereocenters. The van der Waals surface area contributed by atoms with Crippen LogP contribution in [0.15, 0.2) is 18.2 Å². The van der Waals surface area contributed by atoms with Crippen LogP contribution in [0.5, 0.6) is 0 Å². The third-order valence-electron chi connectivity index (χ3n) is 3.06. The van der Waals surface area contributed by atoms with Crippen LogP contribution >= 0.6 is 0 Å². The Labute approximate surface area is 97.9 Å². The standard InChI is InChI=1S/C14H22FN/c1-4-12(7-6-11(3)16)13-8-5-10(2)9-14(13)15/h5,8-9,11-12H,4,6-7,16H2,1-3H3. The Hall–Kier alpha value is -0.890. The highest BCUT2D eigenvalue weighted by Crippen LogP contribution is 2.27. The third kappa shape index (κ3) is 3.60. The molecule has 1 rings (SSSR count). The summed E-state index contributed by atoms with van der Waals surface area (Å²) in [5.41, 5.74) is 7.56. The first-order chi connectivity index (χ1) is 7.54. The molecule has 2 unspecified atom stereocenters. The average molecular weight is 223 g/mol. The molecule has 0 saturated heterocycles. The van der Waals surface area contributed by atoms with Crippen molar-refractivity contribution < 1.29 is 4.39 Å². The molecule has 16 heavy (non-hydrogen) atoms. The number of benzene rings is 1. The quantitative estimate of drug-likeness (QED) is 0.808. The van der Waals surface area contributed by atoms with E-state index >= 15 is 0 Å². The molecule has 2 N–H and O–H groups in total. The number of nitrogens with two attached hydrogens (primary N) is 1. The molecule has 0 heterocycles. The van der Waals surface area contributed by atoms with E-state index in [2.05, 4.69) is 6.92 Å². The van der Waals surface area contributed by atoms with E-state index in [0.29, 0.717) is 5.92 Å². The lowest BCUT2D eigenvalue weighted by molar-refractivity contribution is 0.505. The van der Waals surface area contributed by atoms with Gasteiger partial charge in [0.1, 0.15) is 5.82 Å². The van der Waals surface area contributed by atoms with E-state index in [-0.39, 0.29) is 11.9 Å². The lowest BCUT2D eigenvalue weighted by Gasteiger charge is -2.17. The predicted molar refractivity (Wildman–Crippen MR) is 67.1 cm³/mol. The number of hydrogen-bond donors (Lipinski definition) is 1. The molecule has 0 saturated carbocycles. The molecular formula is C14H22FN. The summed E-state index contributed by atoms with van der Waals surface area (Å²) in [7, 11) is 0. The zero-order valence-electron chi connectivity index (χ0n) is 10.5. The maximum atomic E-state index is 13.8. The Morgan fingerprint density at radius 3 is 2.50 bits per heavy atom. The van der Waals surface area contributed by atoms with Gasteiger partial charge in [-0.15, -0.1) is 0 Å². The molecule has 1 aromatic carbocycles. The minimum Gasteiger partial charge on any atom is -0.328 e. The van der Waals surface area contributed by atoms with Crippen LogP contribution in [0.2, 0.25) is 0 Å². The van der Waals surface area contributed by atoms with Crippen LogP contribution in [-0.2, 0) is 0 Å². The van der Waals surface area contributed by atoms with Gasteiger partial charge in [0.15, 0.2) is 0 Å². The maximum Gasteiger partial charge on any atom is 0.126 e. The van der Waals surface area contributed by atoms with Crippen molar-refractivity contribution in [3.8, 4) is 0 Å². The van der Waals surface area contributed by atoms with Gasteiger partial charge in [-0.2, -0.15) is 0 Å². The fourth-order valence-corrected chi connectivity index (χ4v) is 2.01. The molecule has 2 heteroatoms. The van der Waals surface area contributed by atoms with Crippen molar-refractivity contribution in [2.24, 2.45) is 5.73 Å². The molecule has 0 radical (unpaired) electrons. The molecule has 90 valence electrons. The summed E-state index contributed by atoms with van der Waals surface area (Å²) in [6.07, 6.45) is 2.88. The van der Waals surface area contributed by atoms with E-state index in [1.165, 1.54) is 0 Å². The lowest BCUT2D eigenvalue weighted by Crippen LogP contribution is -2.16. The van der Waals surface area contributed by atoms with Gasteiger partial charge < -0.3 is 5.73 Å². The number of rotatable bonds is 5. The zero-order chi connectivity index (χ0) is 12.1. The molecule has 1 nitrogen and oxygen atoms in total. The average Bonchev–Trinajstić information content (AvgIpc) is 2.21. The number of halogens is 1. The van der Waals surface area contributed by atoms with E-state index in [0.717, 1.165) is 30.4 Å². The second-order valence-electron chi connectivity index (χ2n) is 4.68. The molecule has 0 amide bonds. The van der Waals surface area contributed by atoms with Crippen LogP contribution in [0.4, 0.5) is 4.39 Å². The summed E-state index contributed by atoms with van der Waals surface area (Å²) < 4.78 is 13.8. The van der Waals surface area contributed by atoms with Crippen LogP contribution in [-0.4, -0.2) is 6.04 Å². The minimum absolute atomic E-state index is 0.0727. The first-order valence-corrected chi connectivity index (χ1v) is 6.06. The molecular weight excluding hydrogens is 201 g/mol. The van der Waals surface area contributed by atoms with E-state index in [9.17, 15) is 4.39 Å². The number of hydrogen-bond acceptors (Lipinski definition) is 1. The Kier molecular flexibility index (Phi) is 4.94. The van der Waals surface area contributed by atoms with Crippen molar-refractivity contribution in [1.82, 2.24) is 0 Å². The summed E-state index contributed by atoms with van der Waals surface area (Å²) in [5.74, 6) is 0.225. The molecule has 0 bridgehead atoms. The van der Waals surface area contributed by atoms with Gasteiger partial charge in [-0.1, -0.05) is 19.1 Å². The van der Waals surface area contributed by atoms with Crippen molar-refractivity contribution in [2.45, 2.75) is 52.0 Å². The second-order valence-corrected chi connectivity index (χ2v) is 4.68. The fourth-order valence-electron chi connectivity index (χ4n) is 2.01. The monoisotopic (exact) mass is 223 g/mol. The highest BCUT2D eigenvalue weighted by Gasteiger charge is 2.14. The third-order valence-corrected chi connectivity index (χ3v) is 3.06. The van der Waals surface area contributed by atoms with Crippen LogP contribution in [0.1, 0.15) is 50.2 Å². The first kappa shape index (κ1) is 13.2. The van der Waals surface area contributed by atoms with E-state index in [1.54, 1.807) is 6.07 Å². The highest BCUT2D eigenvalue weighted by atomic mass is 19.1. The Balaban J connectivity index is 2.78. The molecule has 0 aromatic heterocycles. The zero-order valence-corrected chi connectivity index (χ0v) is 10.5. The predicted octanol–water partition coefficient (Wildman–Crippen LogP) is 3.76. The molecule has 0 spiro atoms. The topological polar surface area (TPSA) is 26.0 Å². The van der Waals surface area contributed by atoms with Crippen molar-refractivity contribution in [3.05, 3.63) is 35.1 Å². The Bertz CT molecular complexity index is 334. The lowest BCUT2D eigenvalue weighted by atomic mass is 9.90. The van der Waals surface area contributed by atoms with Gasteiger partial charge in [-0.25, -0.2) is 4.39 Å². The largest absolute Gasteiger partial charge is 0.328 e. The summed E-state index contributed by atoms with van der Waals surface area (Å²) in [6, 6.07) is 5.71. The first-order valence-electron chi connectivity index (χ1n) is 6.06. The van der Waals surface area contributed by atoms with E-state index in [4.69, 9.17) is 5.73 Å². The van der Waals surface area contributed by atoms with Gasteiger partial charge in [-0.05, 0) is 56.2 Å². The van der Waals surface area contributed by atoms with Crippen LogP contribution in [0.25, 0.3) is 0 Å². The summed E-state index contributed by atoms with van der Waals surface area (Å²) in [5, 5.41) is 0. The van der Waals surface area contributed by atoms with Gasteiger partial charge in [-0.3, -0.25) is 0 Å². The van der Waals surface area contributed by atoms with Crippen molar-refractivity contribution in [2.75, 3.05) is 0 Å². The fraction of sp³-hybridized carbons (Fsp3) is 0.571. The van der Waals surface area contributed by atoms with E-state index in [1.807, 2.05) is 26.0 Å². The smallest absolute Gasteiger partial charge is 0.126 e. The van der Waals surface area contributed by atoms with E-state index < -0.39 is 0 Å². The van der Waals surface area contributed by atoms with Crippen LogP contribution < -0.4 is 5.73 Å². The molecule has 0 aliphatic heterocycles. The normalized spacial score (nSPS) is 14.8. The van der Waals surface area contributed by atoms with Gasteiger partial charge in [0.25, 0.3) is 0 Å². The number of aryl methyl sites for hydroxylation is 1. The molecule has 0 aliphatic rings. The van der Waals surface area contributed by atoms with Crippen LogP contribution in [0.3, 0.4) is 0 Å². The molecule has 1 aromatic rings. The van der Waals surface area contributed by atoms with Crippen LogP contribution in [0, 0.1) is 12.7 Å². The Morgan fingerprint density at radius 2 is 2.00 bits per heavy atom. The van der Waals surface area contributed by atoms with Gasteiger partial charge >= 0.3 is 0 Å². The van der Waals surface area contributed by atoms with Crippen molar-refractivity contribution in [1.29, 1.82) is 0 Å². The highest BCUT2D eigenvalue weighted by molar-refractivity contribution is 5.26. The van der Waals surface area contributed by atoms with Gasteiger partial charge in [0.05, 0.1) is 0 Å². The SMILES string of the molecule is CCC(CCC(C)N)c1ccc(C)cc1F. The van der Waals surface area contributed by atoms with Crippen molar-refractivity contribution >= 4 is 0 Å². The second kappa shape index (κ2) is 6.00. The Morgan fingerprint density at radius 1 is 1.31 bits per heavy atom. The minimum atomic E-state index is -0.0727.